The van der Waals surface area contributed by atoms with E-state index in [4.69, 9.17) is 21.1 Å². The first-order valence-electron chi connectivity index (χ1n) is 9.49. The number of ether oxygens (including phenoxy) is 2. The van der Waals surface area contributed by atoms with Crippen LogP contribution < -0.4 is 10.1 Å². The van der Waals surface area contributed by atoms with Gasteiger partial charge in [0.05, 0.1) is 36.1 Å². The van der Waals surface area contributed by atoms with Crippen molar-refractivity contribution in [1.29, 1.82) is 0 Å². The number of rotatable bonds is 8. The van der Waals surface area contributed by atoms with Gasteiger partial charge in [0.1, 0.15) is 5.75 Å². The third-order valence-corrected chi connectivity index (χ3v) is 6.70. The van der Waals surface area contributed by atoms with Crippen LogP contribution in [-0.4, -0.2) is 46.2 Å². The largest absolute Gasteiger partial charge is 0.495 e. The summed E-state index contributed by atoms with van der Waals surface area (Å²) < 4.78 is 13.1. The smallest absolute Gasteiger partial charge is 0.234 e. The molecule has 1 unspecified atom stereocenters. The van der Waals surface area contributed by atoms with Gasteiger partial charge in [0.15, 0.2) is 11.0 Å². The Labute approximate surface area is 187 Å². The Morgan fingerprint density at radius 1 is 1.43 bits per heavy atom. The molecule has 2 aromatic heterocycles. The van der Waals surface area contributed by atoms with Crippen LogP contribution >= 0.6 is 34.7 Å². The molecule has 4 rings (SSSR count). The molecule has 0 bridgehead atoms. The Morgan fingerprint density at radius 3 is 3.07 bits per heavy atom. The molecule has 0 spiro atoms. The van der Waals surface area contributed by atoms with Gasteiger partial charge in [0.25, 0.3) is 0 Å². The molecule has 158 valence electrons. The number of benzene rings is 1. The van der Waals surface area contributed by atoms with Crippen LogP contribution in [0.4, 0.5) is 5.69 Å². The van der Waals surface area contributed by atoms with Crippen molar-refractivity contribution in [3.63, 3.8) is 0 Å². The summed E-state index contributed by atoms with van der Waals surface area (Å²) in [5, 5.41) is 14.8. The number of aromatic nitrogens is 3. The Morgan fingerprint density at radius 2 is 2.33 bits per heavy atom. The van der Waals surface area contributed by atoms with E-state index < -0.39 is 0 Å². The summed E-state index contributed by atoms with van der Waals surface area (Å²) in [4.78, 5) is 13.6. The molecule has 1 N–H and O–H groups in total. The van der Waals surface area contributed by atoms with E-state index in [2.05, 4.69) is 20.1 Å². The summed E-state index contributed by atoms with van der Waals surface area (Å²) >= 11 is 9.00. The first-order chi connectivity index (χ1) is 14.6. The molecular formula is C20H21ClN4O3S2. The fourth-order valence-electron chi connectivity index (χ4n) is 3.23. The average Bonchev–Trinajstić information content (AvgIpc) is 3.49. The Bertz CT molecular complexity index is 1000. The molecule has 3 aromatic rings. The van der Waals surface area contributed by atoms with E-state index in [0.717, 1.165) is 30.2 Å². The maximum atomic E-state index is 12.5. The molecule has 0 aliphatic carbocycles. The Hall–Kier alpha value is -2.07. The summed E-state index contributed by atoms with van der Waals surface area (Å²) in [6.45, 7) is 1.46. The molecule has 0 radical (unpaired) electrons. The number of amides is 1. The highest BCUT2D eigenvalue weighted by Crippen LogP contribution is 2.30. The second-order valence-corrected chi connectivity index (χ2v) is 9.04. The highest BCUT2D eigenvalue weighted by atomic mass is 35.5. The average molecular weight is 465 g/mol. The molecule has 30 heavy (non-hydrogen) atoms. The third-order valence-electron chi connectivity index (χ3n) is 4.64. The van der Waals surface area contributed by atoms with Crippen LogP contribution in [0.5, 0.6) is 5.75 Å². The lowest BCUT2D eigenvalue weighted by atomic mass is 10.2. The molecule has 1 amide bonds. The number of nitrogens with one attached hydrogen (secondary N) is 1. The van der Waals surface area contributed by atoms with E-state index in [1.165, 1.54) is 11.8 Å². The zero-order chi connectivity index (χ0) is 20.9. The van der Waals surface area contributed by atoms with Gasteiger partial charge in [-0.3, -0.25) is 9.36 Å². The minimum atomic E-state index is -0.176. The zero-order valence-electron chi connectivity index (χ0n) is 16.3. The molecule has 1 saturated heterocycles. The Kier molecular flexibility index (Phi) is 6.93. The molecular weight excluding hydrogens is 444 g/mol. The maximum absolute atomic E-state index is 12.5. The van der Waals surface area contributed by atoms with Gasteiger partial charge < -0.3 is 14.8 Å². The van der Waals surface area contributed by atoms with Gasteiger partial charge in [0, 0.05) is 11.6 Å². The van der Waals surface area contributed by atoms with Gasteiger partial charge in [-0.05, 0) is 42.5 Å². The maximum Gasteiger partial charge on any atom is 0.234 e. The van der Waals surface area contributed by atoms with Crippen LogP contribution in [0.15, 0.2) is 40.9 Å². The van der Waals surface area contributed by atoms with Gasteiger partial charge in [-0.1, -0.05) is 29.4 Å². The summed E-state index contributed by atoms with van der Waals surface area (Å²) in [5.74, 6) is 1.37. The molecule has 10 heteroatoms. The number of methoxy groups -OCH3 is 1. The van der Waals surface area contributed by atoms with E-state index in [0.29, 0.717) is 28.2 Å². The number of halogens is 1. The van der Waals surface area contributed by atoms with Crippen molar-refractivity contribution < 1.29 is 14.3 Å². The second-order valence-electron chi connectivity index (χ2n) is 6.71. The number of carbonyl (C=O) groups is 1. The number of nitrogens with zero attached hydrogens (tertiary/aromatic N) is 3. The molecule has 7 nitrogen and oxygen atoms in total. The minimum absolute atomic E-state index is 0.142. The summed E-state index contributed by atoms with van der Waals surface area (Å²) in [5.41, 5.74) is 0.538. The van der Waals surface area contributed by atoms with Gasteiger partial charge in [-0.2, -0.15) is 0 Å². The molecule has 1 atom stereocenters. The van der Waals surface area contributed by atoms with Gasteiger partial charge in [-0.25, -0.2) is 0 Å². The summed E-state index contributed by atoms with van der Waals surface area (Å²) in [6.07, 6.45) is 2.22. The van der Waals surface area contributed by atoms with Crippen LogP contribution in [0.1, 0.15) is 12.8 Å². The van der Waals surface area contributed by atoms with Crippen LogP contribution in [0.3, 0.4) is 0 Å². The van der Waals surface area contributed by atoms with Crippen molar-refractivity contribution in [3.8, 4) is 16.5 Å². The van der Waals surface area contributed by atoms with E-state index in [-0.39, 0.29) is 17.8 Å². The van der Waals surface area contributed by atoms with E-state index in [1.807, 2.05) is 17.5 Å². The van der Waals surface area contributed by atoms with Crippen LogP contribution in [0.25, 0.3) is 10.7 Å². The van der Waals surface area contributed by atoms with E-state index in [1.54, 1.807) is 36.6 Å². The quantitative estimate of drug-likeness (QED) is 0.491. The fourth-order valence-corrected chi connectivity index (χ4v) is 4.87. The first-order valence-corrected chi connectivity index (χ1v) is 11.7. The molecule has 1 aliphatic heterocycles. The van der Waals surface area contributed by atoms with E-state index in [9.17, 15) is 4.79 Å². The highest BCUT2D eigenvalue weighted by molar-refractivity contribution is 7.99. The van der Waals surface area contributed by atoms with Crippen molar-refractivity contribution in [2.45, 2.75) is 30.6 Å². The van der Waals surface area contributed by atoms with Crippen molar-refractivity contribution in [2.75, 3.05) is 24.8 Å². The SMILES string of the molecule is COc1ccc(Cl)cc1NC(=O)CSc1nnc(-c2cccs2)n1CC1CCCO1. The molecule has 1 aliphatic rings. The van der Waals surface area contributed by atoms with Crippen LogP contribution in [0, 0.1) is 0 Å². The lowest BCUT2D eigenvalue weighted by molar-refractivity contribution is -0.113. The number of anilines is 1. The number of thioether (sulfide) groups is 1. The monoisotopic (exact) mass is 464 g/mol. The number of hydrogen-bond donors (Lipinski definition) is 1. The highest BCUT2D eigenvalue weighted by Gasteiger charge is 2.22. The van der Waals surface area contributed by atoms with Gasteiger partial charge in [0.2, 0.25) is 5.91 Å². The Balaban J connectivity index is 1.47. The topological polar surface area (TPSA) is 78.3 Å². The predicted octanol–water partition coefficient (Wildman–Crippen LogP) is 4.58. The van der Waals surface area contributed by atoms with Crippen molar-refractivity contribution in [3.05, 3.63) is 40.7 Å². The molecule has 0 saturated carbocycles. The fraction of sp³-hybridized carbons (Fsp3) is 0.350. The standard InChI is InChI=1S/C20H21ClN4O3S2/c1-27-16-7-6-13(21)10-15(16)22-18(26)12-30-20-24-23-19(17-5-3-9-29-17)25(20)11-14-4-2-8-28-14/h3,5-7,9-10,14H,2,4,8,11-12H2,1H3,(H,22,26). The lowest BCUT2D eigenvalue weighted by Crippen LogP contribution is -2.18. The number of thiophene rings is 1. The van der Waals surface area contributed by atoms with Gasteiger partial charge >= 0.3 is 0 Å². The molecule has 3 heterocycles. The van der Waals surface area contributed by atoms with Crippen LogP contribution in [0.2, 0.25) is 5.02 Å². The molecule has 1 fully saturated rings. The second kappa shape index (κ2) is 9.82. The van der Waals surface area contributed by atoms with Crippen molar-refractivity contribution in [1.82, 2.24) is 14.8 Å². The first kappa shape index (κ1) is 21.2. The number of carbonyl (C=O) groups excluding carboxylic acids is 1. The summed E-state index contributed by atoms with van der Waals surface area (Å²) in [6, 6.07) is 9.11. The third kappa shape index (κ3) is 4.97. The van der Waals surface area contributed by atoms with Crippen molar-refractivity contribution >= 4 is 46.3 Å². The van der Waals surface area contributed by atoms with E-state index >= 15 is 0 Å². The van der Waals surface area contributed by atoms with Crippen molar-refractivity contribution in [2.24, 2.45) is 0 Å². The number of hydrogen-bond acceptors (Lipinski definition) is 7. The predicted molar refractivity (Wildman–Crippen MR) is 120 cm³/mol. The minimum Gasteiger partial charge on any atom is -0.495 e. The zero-order valence-corrected chi connectivity index (χ0v) is 18.7. The summed E-state index contributed by atoms with van der Waals surface area (Å²) in [7, 11) is 1.55. The lowest BCUT2D eigenvalue weighted by Gasteiger charge is -2.14. The van der Waals surface area contributed by atoms with Gasteiger partial charge in [-0.15, -0.1) is 21.5 Å². The van der Waals surface area contributed by atoms with Crippen LogP contribution in [-0.2, 0) is 16.1 Å². The normalized spacial score (nSPS) is 16.0. The molecule has 1 aromatic carbocycles.